The number of amides is 1. The normalized spacial score (nSPS) is 18.2. The summed E-state index contributed by atoms with van der Waals surface area (Å²) in [5, 5.41) is 20.0. The van der Waals surface area contributed by atoms with Gasteiger partial charge in [-0.25, -0.2) is 14.7 Å². The van der Waals surface area contributed by atoms with Crippen LogP contribution in [0.4, 0.5) is 10.5 Å². The van der Waals surface area contributed by atoms with Crippen molar-refractivity contribution in [3.8, 4) is 0 Å². The van der Waals surface area contributed by atoms with Gasteiger partial charge in [0, 0.05) is 17.8 Å². The summed E-state index contributed by atoms with van der Waals surface area (Å²) in [4.78, 5) is 26.3. The molecule has 8 heteroatoms. The largest absolute Gasteiger partial charge is 0.465 e. The van der Waals surface area contributed by atoms with Crippen LogP contribution in [0, 0.1) is 10.1 Å². The predicted octanol–water partition coefficient (Wildman–Crippen LogP) is 1.85. The highest BCUT2D eigenvalue weighted by Crippen LogP contribution is 2.29. The van der Waals surface area contributed by atoms with Gasteiger partial charge in [-0.2, -0.15) is 0 Å². The summed E-state index contributed by atoms with van der Waals surface area (Å²) in [6.07, 6.45) is 0.315. The van der Waals surface area contributed by atoms with Gasteiger partial charge in [0.1, 0.15) is 0 Å². The van der Waals surface area contributed by atoms with Crippen molar-refractivity contribution in [1.82, 2.24) is 4.90 Å². The summed E-state index contributed by atoms with van der Waals surface area (Å²) in [6.45, 7) is 1.68. The Kier molecular flexibility index (Phi) is 3.38. The third-order valence-corrected chi connectivity index (χ3v) is 2.84. The van der Waals surface area contributed by atoms with Crippen LogP contribution in [0.15, 0.2) is 41.0 Å². The number of allylic oxidation sites excluding steroid dienone is 1. The van der Waals surface area contributed by atoms with Gasteiger partial charge < -0.3 is 10.8 Å². The number of nitrogens with zero attached hydrogens (tertiary/aromatic N) is 3. The van der Waals surface area contributed by atoms with Crippen LogP contribution < -0.4 is 5.73 Å². The molecule has 0 aromatic heterocycles. The molecule has 0 aliphatic carbocycles. The molecule has 0 bridgehead atoms. The van der Waals surface area contributed by atoms with E-state index >= 15 is 0 Å². The SMILES string of the molecule is CC1=CC(c2cccc([N+](=O)[O-])c2)N(C(=O)O)C(N)=N1. The van der Waals surface area contributed by atoms with Crippen molar-refractivity contribution in [2.45, 2.75) is 13.0 Å². The highest BCUT2D eigenvalue weighted by Gasteiger charge is 2.30. The Bertz CT molecular complexity index is 638. The van der Waals surface area contributed by atoms with E-state index in [9.17, 15) is 20.0 Å². The first kappa shape index (κ1) is 13.5. The monoisotopic (exact) mass is 276 g/mol. The van der Waals surface area contributed by atoms with E-state index in [0.29, 0.717) is 11.3 Å². The first-order valence-electron chi connectivity index (χ1n) is 5.69. The topological polar surface area (TPSA) is 122 Å². The number of carbonyl (C=O) groups is 1. The van der Waals surface area contributed by atoms with Crippen molar-refractivity contribution in [3.63, 3.8) is 0 Å². The molecule has 0 saturated heterocycles. The van der Waals surface area contributed by atoms with Crippen LogP contribution in [0.5, 0.6) is 0 Å². The number of aliphatic imine (C=N–C) groups is 1. The van der Waals surface area contributed by atoms with E-state index in [2.05, 4.69) is 4.99 Å². The predicted molar refractivity (Wildman–Crippen MR) is 71.1 cm³/mol. The minimum atomic E-state index is -1.27. The highest BCUT2D eigenvalue weighted by molar-refractivity contribution is 5.94. The van der Waals surface area contributed by atoms with E-state index in [1.165, 1.54) is 18.2 Å². The molecule has 0 radical (unpaired) electrons. The lowest BCUT2D eigenvalue weighted by Crippen LogP contribution is -2.44. The van der Waals surface area contributed by atoms with E-state index in [4.69, 9.17) is 5.73 Å². The first-order chi connectivity index (χ1) is 9.40. The standard InChI is InChI=1S/C12H12N4O4/c1-7-5-10(15(12(17)18)11(13)14-7)8-3-2-4-9(6-8)16(19)20/h2-6,10H,1H3,(H2,13,14)(H,17,18). The van der Waals surface area contributed by atoms with E-state index in [-0.39, 0.29) is 11.6 Å². The van der Waals surface area contributed by atoms with Crippen molar-refractivity contribution in [3.05, 3.63) is 51.7 Å². The molecule has 3 N–H and O–H groups in total. The van der Waals surface area contributed by atoms with Crippen molar-refractivity contribution in [2.24, 2.45) is 10.7 Å². The quantitative estimate of drug-likeness (QED) is 0.630. The maximum absolute atomic E-state index is 11.3. The van der Waals surface area contributed by atoms with Gasteiger partial charge in [0.05, 0.1) is 11.0 Å². The van der Waals surface area contributed by atoms with Gasteiger partial charge in [-0.05, 0) is 18.6 Å². The molecule has 1 heterocycles. The molecule has 0 saturated carbocycles. The fraction of sp³-hybridized carbons (Fsp3) is 0.167. The van der Waals surface area contributed by atoms with Crippen LogP contribution in [0.1, 0.15) is 18.5 Å². The fourth-order valence-electron chi connectivity index (χ4n) is 2.00. The third kappa shape index (κ3) is 2.44. The number of hydrogen-bond acceptors (Lipinski definition) is 5. The summed E-state index contributed by atoms with van der Waals surface area (Å²) in [5.41, 5.74) is 6.51. The molecule has 104 valence electrons. The lowest BCUT2D eigenvalue weighted by molar-refractivity contribution is -0.384. The number of guanidine groups is 1. The molecule has 1 aromatic rings. The second kappa shape index (κ2) is 5.00. The van der Waals surface area contributed by atoms with Crippen LogP contribution in [0.3, 0.4) is 0 Å². The second-order valence-corrected chi connectivity index (χ2v) is 4.23. The zero-order chi connectivity index (χ0) is 14.9. The molecule has 1 aliphatic rings. The van der Waals surface area contributed by atoms with E-state index in [0.717, 1.165) is 4.90 Å². The summed E-state index contributed by atoms with van der Waals surface area (Å²) < 4.78 is 0. The minimum absolute atomic E-state index is 0.111. The van der Waals surface area contributed by atoms with Crippen LogP contribution in [0.2, 0.25) is 0 Å². The molecule has 1 amide bonds. The minimum Gasteiger partial charge on any atom is -0.465 e. The average Bonchev–Trinajstić information content (AvgIpc) is 2.37. The van der Waals surface area contributed by atoms with Gasteiger partial charge in [0.2, 0.25) is 5.96 Å². The van der Waals surface area contributed by atoms with Gasteiger partial charge in [-0.15, -0.1) is 0 Å². The molecule has 0 spiro atoms. The smallest absolute Gasteiger partial charge is 0.415 e. The van der Waals surface area contributed by atoms with E-state index in [1.807, 2.05) is 0 Å². The molecular formula is C12H12N4O4. The Hall–Kier alpha value is -2.90. The number of rotatable bonds is 2. The van der Waals surface area contributed by atoms with Gasteiger partial charge >= 0.3 is 6.09 Å². The number of nitro benzene ring substituents is 1. The molecule has 1 atom stereocenters. The Morgan fingerprint density at radius 3 is 2.85 bits per heavy atom. The molecule has 2 rings (SSSR count). The molecule has 20 heavy (non-hydrogen) atoms. The number of non-ortho nitro benzene ring substituents is 1. The first-order valence-corrected chi connectivity index (χ1v) is 5.69. The molecule has 8 nitrogen and oxygen atoms in total. The van der Waals surface area contributed by atoms with Crippen LogP contribution >= 0.6 is 0 Å². The number of hydrogen-bond donors (Lipinski definition) is 2. The van der Waals surface area contributed by atoms with E-state index < -0.39 is 17.1 Å². The third-order valence-electron chi connectivity index (χ3n) is 2.84. The Labute approximate surface area is 114 Å². The lowest BCUT2D eigenvalue weighted by atomic mass is 10.0. The number of benzene rings is 1. The van der Waals surface area contributed by atoms with E-state index in [1.54, 1.807) is 19.1 Å². The van der Waals surface area contributed by atoms with Crippen molar-refractivity contribution in [1.29, 1.82) is 0 Å². The Balaban J connectivity index is 2.49. The van der Waals surface area contributed by atoms with Crippen LogP contribution in [-0.2, 0) is 0 Å². The average molecular weight is 276 g/mol. The number of nitrogens with two attached hydrogens (primary N) is 1. The van der Waals surface area contributed by atoms with Crippen molar-refractivity contribution < 1.29 is 14.8 Å². The van der Waals surface area contributed by atoms with Gasteiger partial charge in [0.25, 0.3) is 5.69 Å². The molecule has 1 unspecified atom stereocenters. The zero-order valence-corrected chi connectivity index (χ0v) is 10.6. The fourth-order valence-corrected chi connectivity index (χ4v) is 2.00. The molecule has 0 fully saturated rings. The Morgan fingerprint density at radius 2 is 2.25 bits per heavy atom. The summed E-state index contributed by atoms with van der Waals surface area (Å²) in [6, 6.07) is 5.04. The van der Waals surface area contributed by atoms with Crippen molar-refractivity contribution in [2.75, 3.05) is 0 Å². The zero-order valence-electron chi connectivity index (χ0n) is 10.6. The Morgan fingerprint density at radius 1 is 1.55 bits per heavy atom. The van der Waals surface area contributed by atoms with Crippen LogP contribution in [-0.4, -0.2) is 27.0 Å². The van der Waals surface area contributed by atoms with Crippen molar-refractivity contribution >= 4 is 17.7 Å². The molecule has 1 aromatic carbocycles. The molecular weight excluding hydrogens is 264 g/mol. The maximum atomic E-state index is 11.3. The summed E-state index contributed by atoms with van der Waals surface area (Å²) >= 11 is 0. The van der Waals surface area contributed by atoms with Gasteiger partial charge in [0.15, 0.2) is 0 Å². The number of nitro groups is 1. The molecule has 1 aliphatic heterocycles. The highest BCUT2D eigenvalue weighted by atomic mass is 16.6. The summed E-state index contributed by atoms with van der Waals surface area (Å²) in [5.74, 6) is -0.158. The van der Waals surface area contributed by atoms with Crippen LogP contribution in [0.25, 0.3) is 0 Å². The summed E-state index contributed by atoms with van der Waals surface area (Å²) in [7, 11) is 0. The second-order valence-electron chi connectivity index (χ2n) is 4.23. The maximum Gasteiger partial charge on any atom is 0.415 e. The lowest BCUT2D eigenvalue weighted by Gasteiger charge is -2.29. The number of carboxylic acid groups (broad SMARTS) is 1. The van der Waals surface area contributed by atoms with Gasteiger partial charge in [-0.3, -0.25) is 10.1 Å². The van der Waals surface area contributed by atoms with Gasteiger partial charge in [-0.1, -0.05) is 12.1 Å².